The summed E-state index contributed by atoms with van der Waals surface area (Å²) in [4.78, 5) is 14.7. The summed E-state index contributed by atoms with van der Waals surface area (Å²) in [6.07, 6.45) is 6.23. The van der Waals surface area contributed by atoms with Gasteiger partial charge in [0.2, 0.25) is 5.95 Å². The summed E-state index contributed by atoms with van der Waals surface area (Å²) in [5.74, 6) is 5.20. The molecule has 2 aromatic rings. The van der Waals surface area contributed by atoms with Crippen molar-refractivity contribution < 1.29 is 8.42 Å². The Bertz CT molecular complexity index is 614. The molecular weight excluding hydrogens is 258 g/mol. The number of nitrogens with two attached hydrogens (primary N) is 1. The monoisotopic (exact) mass is 267 g/mol. The van der Waals surface area contributed by atoms with Gasteiger partial charge in [-0.3, -0.25) is 10.1 Å². The molecule has 18 heavy (non-hydrogen) atoms. The molecule has 2 aromatic heterocycles. The SMILES string of the molecule is NNc1ncc(S(=O)(=O)Nc2cncnc2)cn1. The molecule has 94 valence electrons. The largest absolute Gasteiger partial charge is 0.292 e. The van der Waals surface area contributed by atoms with Crippen LogP contribution in [0.4, 0.5) is 11.6 Å². The fraction of sp³-hybridized carbons (Fsp3) is 0. The van der Waals surface area contributed by atoms with Crippen molar-refractivity contribution in [1.82, 2.24) is 19.9 Å². The van der Waals surface area contributed by atoms with Gasteiger partial charge in [0.05, 0.1) is 30.5 Å². The standard InChI is InChI=1S/C8H9N7O2S/c9-14-8-12-3-7(4-13-8)18(16,17)15-6-1-10-5-11-2-6/h1-5,15H,9H2,(H,12,13,14). The van der Waals surface area contributed by atoms with Gasteiger partial charge in [0, 0.05) is 0 Å². The van der Waals surface area contributed by atoms with E-state index in [4.69, 9.17) is 5.84 Å². The predicted molar refractivity (Wildman–Crippen MR) is 62.7 cm³/mol. The van der Waals surface area contributed by atoms with Gasteiger partial charge in [0.25, 0.3) is 10.0 Å². The Morgan fingerprint density at radius 3 is 2.22 bits per heavy atom. The normalized spacial score (nSPS) is 10.9. The summed E-state index contributed by atoms with van der Waals surface area (Å²) >= 11 is 0. The molecule has 0 fully saturated rings. The van der Waals surface area contributed by atoms with Gasteiger partial charge < -0.3 is 0 Å². The highest BCUT2D eigenvalue weighted by molar-refractivity contribution is 7.92. The Morgan fingerprint density at radius 2 is 1.67 bits per heavy atom. The Hall–Kier alpha value is -2.33. The van der Waals surface area contributed by atoms with E-state index in [9.17, 15) is 8.42 Å². The van der Waals surface area contributed by atoms with Gasteiger partial charge in [0.15, 0.2) is 0 Å². The van der Waals surface area contributed by atoms with Gasteiger partial charge in [-0.1, -0.05) is 0 Å². The van der Waals surface area contributed by atoms with E-state index in [-0.39, 0.29) is 16.5 Å². The first-order chi connectivity index (χ1) is 8.62. The predicted octanol–water partition coefficient (Wildman–Crippen LogP) is -0.647. The first-order valence-electron chi connectivity index (χ1n) is 4.68. The smallest absolute Gasteiger partial charge is 0.265 e. The molecule has 0 aliphatic heterocycles. The van der Waals surface area contributed by atoms with E-state index in [1.807, 2.05) is 0 Å². The first-order valence-corrected chi connectivity index (χ1v) is 6.16. The van der Waals surface area contributed by atoms with Gasteiger partial charge in [0.1, 0.15) is 11.2 Å². The fourth-order valence-corrected chi connectivity index (χ4v) is 2.01. The molecule has 0 radical (unpaired) electrons. The van der Waals surface area contributed by atoms with Crippen LogP contribution < -0.4 is 16.0 Å². The maximum atomic E-state index is 11.9. The Balaban J connectivity index is 2.25. The third kappa shape index (κ3) is 2.67. The molecule has 0 aliphatic rings. The average Bonchev–Trinajstić information content (AvgIpc) is 2.39. The van der Waals surface area contributed by atoms with Gasteiger partial charge in [-0.05, 0) is 0 Å². The second-order valence-corrected chi connectivity index (χ2v) is 4.80. The minimum absolute atomic E-state index is 0.0923. The molecule has 9 nitrogen and oxygen atoms in total. The highest BCUT2D eigenvalue weighted by atomic mass is 32.2. The van der Waals surface area contributed by atoms with Gasteiger partial charge >= 0.3 is 0 Å². The van der Waals surface area contributed by atoms with Crippen LogP contribution in [0.25, 0.3) is 0 Å². The molecule has 2 heterocycles. The zero-order chi connectivity index (χ0) is 13.0. The maximum Gasteiger partial charge on any atom is 0.265 e. The molecule has 0 aliphatic carbocycles. The molecule has 0 saturated heterocycles. The highest BCUT2D eigenvalue weighted by Gasteiger charge is 2.15. The summed E-state index contributed by atoms with van der Waals surface area (Å²) in [7, 11) is -3.76. The molecule has 0 aromatic carbocycles. The van der Waals surface area contributed by atoms with Crippen LogP contribution in [-0.2, 0) is 10.0 Å². The van der Waals surface area contributed by atoms with Crippen LogP contribution in [0.3, 0.4) is 0 Å². The molecule has 0 spiro atoms. The summed E-state index contributed by atoms with van der Waals surface area (Å²) < 4.78 is 26.1. The molecule has 0 amide bonds. The number of anilines is 2. The molecule has 10 heteroatoms. The fourth-order valence-electron chi connectivity index (χ4n) is 1.10. The topological polar surface area (TPSA) is 136 Å². The number of sulfonamides is 1. The Labute approximate surface area is 103 Å². The van der Waals surface area contributed by atoms with Crippen LogP contribution in [-0.4, -0.2) is 28.4 Å². The Kier molecular flexibility index (Phi) is 3.30. The lowest BCUT2D eigenvalue weighted by molar-refractivity contribution is 0.600. The van der Waals surface area contributed by atoms with Crippen LogP contribution in [0.2, 0.25) is 0 Å². The number of aromatic nitrogens is 4. The minimum atomic E-state index is -3.76. The zero-order valence-corrected chi connectivity index (χ0v) is 9.79. The van der Waals surface area contributed by atoms with E-state index in [0.29, 0.717) is 0 Å². The van der Waals surface area contributed by atoms with Crippen LogP contribution in [0.15, 0.2) is 36.0 Å². The second kappa shape index (κ2) is 4.89. The van der Waals surface area contributed by atoms with E-state index in [1.165, 1.54) is 18.7 Å². The van der Waals surface area contributed by atoms with Crippen molar-refractivity contribution in [3.63, 3.8) is 0 Å². The van der Waals surface area contributed by atoms with Crippen LogP contribution in [0, 0.1) is 0 Å². The average molecular weight is 267 g/mol. The number of nitrogen functional groups attached to an aromatic ring is 1. The van der Waals surface area contributed by atoms with Crippen LogP contribution >= 0.6 is 0 Å². The number of rotatable bonds is 4. The number of hydrogen-bond acceptors (Lipinski definition) is 8. The summed E-state index contributed by atoms with van der Waals surface area (Å²) in [6.45, 7) is 0. The van der Waals surface area contributed by atoms with E-state index in [2.05, 4.69) is 30.1 Å². The van der Waals surface area contributed by atoms with Crippen molar-refractivity contribution in [2.45, 2.75) is 4.90 Å². The van der Waals surface area contributed by atoms with Crippen molar-refractivity contribution in [2.75, 3.05) is 10.1 Å². The molecule has 0 unspecified atom stereocenters. The van der Waals surface area contributed by atoms with Crippen molar-refractivity contribution in [3.05, 3.63) is 31.1 Å². The lowest BCUT2D eigenvalue weighted by Gasteiger charge is -2.06. The second-order valence-electron chi connectivity index (χ2n) is 3.12. The lowest BCUT2D eigenvalue weighted by Crippen LogP contribution is -2.15. The Morgan fingerprint density at radius 1 is 1.06 bits per heavy atom. The number of hydrogen-bond donors (Lipinski definition) is 3. The molecule has 2 rings (SSSR count). The summed E-state index contributed by atoms with van der Waals surface area (Å²) in [5.41, 5.74) is 2.45. The number of hydrazine groups is 1. The molecular formula is C8H9N7O2S. The molecule has 0 saturated carbocycles. The molecule has 0 atom stereocenters. The third-order valence-corrected chi connectivity index (χ3v) is 3.22. The molecule has 4 N–H and O–H groups in total. The minimum Gasteiger partial charge on any atom is -0.292 e. The first kappa shape index (κ1) is 12.1. The van der Waals surface area contributed by atoms with E-state index in [1.54, 1.807) is 0 Å². The number of nitrogens with one attached hydrogen (secondary N) is 2. The van der Waals surface area contributed by atoms with Gasteiger partial charge in [-0.2, -0.15) is 0 Å². The highest BCUT2D eigenvalue weighted by Crippen LogP contribution is 2.12. The van der Waals surface area contributed by atoms with Crippen molar-refractivity contribution in [1.29, 1.82) is 0 Å². The van der Waals surface area contributed by atoms with Crippen molar-refractivity contribution in [3.8, 4) is 0 Å². The van der Waals surface area contributed by atoms with Crippen LogP contribution in [0.1, 0.15) is 0 Å². The quantitative estimate of drug-likeness (QED) is 0.491. The summed E-state index contributed by atoms with van der Waals surface area (Å²) in [6, 6.07) is 0. The van der Waals surface area contributed by atoms with Gasteiger partial charge in [-0.25, -0.2) is 34.2 Å². The number of nitrogens with zero attached hydrogens (tertiary/aromatic N) is 4. The zero-order valence-electron chi connectivity index (χ0n) is 8.98. The lowest BCUT2D eigenvalue weighted by atomic mass is 10.6. The van der Waals surface area contributed by atoms with Crippen LogP contribution in [0.5, 0.6) is 0 Å². The van der Waals surface area contributed by atoms with E-state index in [0.717, 1.165) is 12.4 Å². The van der Waals surface area contributed by atoms with Gasteiger partial charge in [-0.15, -0.1) is 0 Å². The van der Waals surface area contributed by atoms with E-state index < -0.39 is 10.0 Å². The van der Waals surface area contributed by atoms with E-state index >= 15 is 0 Å². The summed E-state index contributed by atoms with van der Waals surface area (Å²) in [5, 5.41) is 0. The third-order valence-electron chi connectivity index (χ3n) is 1.88. The van der Waals surface area contributed by atoms with Crippen molar-refractivity contribution in [2.24, 2.45) is 5.84 Å². The van der Waals surface area contributed by atoms with Crippen molar-refractivity contribution >= 4 is 21.7 Å². The molecule has 0 bridgehead atoms. The maximum absolute atomic E-state index is 11.9.